The molecule has 4 fully saturated rings. The van der Waals surface area contributed by atoms with Crippen molar-refractivity contribution in [3.63, 3.8) is 0 Å². The molecule has 4 bridgehead atoms. The van der Waals surface area contributed by atoms with E-state index in [0.717, 1.165) is 0 Å². The molecule has 3 saturated carbocycles. The summed E-state index contributed by atoms with van der Waals surface area (Å²) < 4.78 is 87.1. The van der Waals surface area contributed by atoms with E-state index in [1.807, 2.05) is 0 Å². The zero-order chi connectivity index (χ0) is 20.9. The van der Waals surface area contributed by atoms with E-state index in [2.05, 4.69) is 4.28 Å². The lowest BCUT2D eigenvalue weighted by molar-refractivity contribution is -0.209. The van der Waals surface area contributed by atoms with Crippen molar-refractivity contribution >= 4 is 21.9 Å². The molecule has 1 heterocycles. The van der Waals surface area contributed by atoms with Crippen LogP contribution in [0.5, 0.6) is 0 Å². The molecule has 1 aliphatic heterocycles. The van der Waals surface area contributed by atoms with Crippen molar-refractivity contribution in [1.82, 2.24) is 5.06 Å². The molecule has 160 valence electrons. The predicted molar refractivity (Wildman–Crippen MR) is 88.4 cm³/mol. The summed E-state index contributed by atoms with van der Waals surface area (Å²) in [6.07, 6.45) is 5.18. The Labute approximate surface area is 164 Å². The molecule has 29 heavy (non-hydrogen) atoms. The summed E-state index contributed by atoms with van der Waals surface area (Å²) in [6, 6.07) is 0. The third kappa shape index (κ3) is 2.40. The lowest BCUT2D eigenvalue weighted by atomic mass is 9.84. The second kappa shape index (κ2) is 5.81. The van der Waals surface area contributed by atoms with E-state index in [-0.39, 0.29) is 29.2 Å². The largest absolute Gasteiger partial charge is 0.433 e. The molecular weight excluding hydrogens is 418 g/mol. The molecule has 1 saturated heterocycles. The number of hydrogen-bond donors (Lipinski definition) is 0. The van der Waals surface area contributed by atoms with Gasteiger partial charge in [0.25, 0.3) is 11.8 Å². The average Bonchev–Trinajstić information content (AvgIpc) is 3.45. The number of halogens is 4. The van der Waals surface area contributed by atoms with Gasteiger partial charge in [0.05, 0.1) is 11.8 Å². The normalized spacial score (nSPS) is 41.1. The molecule has 0 aromatic heterocycles. The van der Waals surface area contributed by atoms with Crippen LogP contribution < -0.4 is 0 Å². The third-order valence-electron chi connectivity index (χ3n) is 7.51. The maximum absolute atomic E-state index is 14.7. The van der Waals surface area contributed by atoms with Crippen molar-refractivity contribution in [3.8, 4) is 0 Å². The fourth-order valence-electron chi connectivity index (χ4n) is 6.16. The zero-order valence-electron chi connectivity index (χ0n) is 15.1. The number of carbonyl (C=O) groups is 2. The average molecular weight is 437 g/mol. The Hall–Kier alpha value is -1.49. The number of hydroxylamine groups is 2. The highest BCUT2D eigenvalue weighted by atomic mass is 32.2. The number of alkyl halides is 4. The molecule has 6 nitrogen and oxygen atoms in total. The van der Waals surface area contributed by atoms with Gasteiger partial charge in [-0.05, 0) is 49.4 Å². The van der Waals surface area contributed by atoms with E-state index in [4.69, 9.17) is 0 Å². The number of carbonyl (C=O) groups excluding carboxylic acids is 2. The van der Waals surface area contributed by atoms with Gasteiger partial charge in [-0.1, -0.05) is 18.6 Å². The summed E-state index contributed by atoms with van der Waals surface area (Å²) in [5.74, 6) is -12.0. The maximum atomic E-state index is 14.7. The van der Waals surface area contributed by atoms with Crippen molar-refractivity contribution in [1.29, 1.82) is 0 Å². The molecule has 0 aromatic rings. The fourth-order valence-corrected chi connectivity index (χ4v) is 7.09. The maximum Gasteiger partial charge on any atom is 0.433 e. The van der Waals surface area contributed by atoms with Gasteiger partial charge >= 0.3 is 21.3 Å². The van der Waals surface area contributed by atoms with Gasteiger partial charge < -0.3 is 0 Å². The van der Waals surface area contributed by atoms with Crippen LogP contribution in [0.15, 0.2) is 12.2 Å². The van der Waals surface area contributed by atoms with Crippen LogP contribution >= 0.6 is 0 Å². The van der Waals surface area contributed by atoms with Gasteiger partial charge in [0, 0.05) is 5.92 Å². The van der Waals surface area contributed by atoms with Crippen LogP contribution in [0.1, 0.15) is 32.1 Å². The van der Waals surface area contributed by atoms with E-state index in [0.29, 0.717) is 25.7 Å². The molecule has 5 rings (SSSR count). The van der Waals surface area contributed by atoms with Crippen molar-refractivity contribution in [2.75, 3.05) is 0 Å². The number of fused-ring (bicyclic) bond motifs is 7. The van der Waals surface area contributed by atoms with Gasteiger partial charge in [-0.15, -0.1) is 9.35 Å². The molecule has 0 N–H and O–H groups in total. The van der Waals surface area contributed by atoms with Crippen LogP contribution in [0.3, 0.4) is 0 Å². The van der Waals surface area contributed by atoms with E-state index in [1.165, 1.54) is 0 Å². The minimum atomic E-state index is -6.29. The van der Waals surface area contributed by atoms with Crippen LogP contribution in [-0.2, 0) is 24.0 Å². The quantitative estimate of drug-likeness (QED) is 0.375. The Morgan fingerprint density at radius 3 is 2.00 bits per heavy atom. The lowest BCUT2D eigenvalue weighted by Gasteiger charge is -2.34. The van der Waals surface area contributed by atoms with Gasteiger partial charge in [-0.3, -0.25) is 9.59 Å². The standard InChI is InChI=1S/C18H19F4NO5S/c19-17(20,12-6-8-1-2-9(12)5-8)18(21,22)29(26,27)28-23-15(24)13-10-3-4-11(7-10)14(13)16(23)25/h3-4,8-14H,1-2,5-7H2. The Kier molecular flexibility index (Phi) is 3.90. The van der Waals surface area contributed by atoms with Crippen molar-refractivity contribution in [2.45, 2.75) is 43.3 Å². The van der Waals surface area contributed by atoms with E-state index >= 15 is 0 Å². The molecule has 0 spiro atoms. The summed E-state index contributed by atoms with van der Waals surface area (Å²) in [5, 5.41) is -5.80. The first kappa shape index (κ1) is 19.5. The highest BCUT2D eigenvalue weighted by Gasteiger charge is 2.73. The first-order chi connectivity index (χ1) is 13.5. The van der Waals surface area contributed by atoms with E-state index < -0.39 is 56.8 Å². The molecule has 7 unspecified atom stereocenters. The van der Waals surface area contributed by atoms with Crippen LogP contribution in [0.4, 0.5) is 17.6 Å². The van der Waals surface area contributed by atoms with Gasteiger partial charge in [-0.25, -0.2) is 0 Å². The van der Waals surface area contributed by atoms with Crippen molar-refractivity contribution in [3.05, 3.63) is 12.2 Å². The third-order valence-corrected chi connectivity index (χ3v) is 8.75. The Balaban J connectivity index is 1.39. The molecule has 0 aromatic carbocycles. The molecule has 7 atom stereocenters. The Morgan fingerprint density at radius 1 is 0.931 bits per heavy atom. The molecule has 0 radical (unpaired) electrons. The van der Waals surface area contributed by atoms with Crippen molar-refractivity contribution in [2.24, 2.45) is 41.4 Å². The monoisotopic (exact) mass is 437 g/mol. The van der Waals surface area contributed by atoms with Crippen LogP contribution in [0.2, 0.25) is 0 Å². The Bertz CT molecular complexity index is 889. The SMILES string of the molecule is O=C1C2C3C=CC(C3)C2C(=O)N1OS(=O)(=O)C(F)(F)C(F)(F)C1CC2CCC1C2. The lowest BCUT2D eigenvalue weighted by Crippen LogP contribution is -2.55. The molecular formula is C18H19F4NO5S. The van der Waals surface area contributed by atoms with Gasteiger partial charge in [0.1, 0.15) is 0 Å². The van der Waals surface area contributed by atoms with E-state index in [9.17, 15) is 35.6 Å². The van der Waals surface area contributed by atoms with Gasteiger partial charge in [0.15, 0.2) is 0 Å². The highest BCUT2D eigenvalue weighted by molar-refractivity contribution is 7.87. The minimum Gasteiger partial charge on any atom is -0.272 e. The van der Waals surface area contributed by atoms with Crippen LogP contribution in [0, 0.1) is 41.4 Å². The van der Waals surface area contributed by atoms with Gasteiger partial charge in [-0.2, -0.15) is 26.0 Å². The first-order valence-corrected chi connectivity index (χ1v) is 11.1. The highest BCUT2D eigenvalue weighted by Crippen LogP contribution is 2.59. The summed E-state index contributed by atoms with van der Waals surface area (Å²) in [4.78, 5) is 24.9. The molecule has 2 amide bonds. The molecule has 4 aliphatic carbocycles. The predicted octanol–water partition coefficient (Wildman–Crippen LogP) is 2.72. The smallest absolute Gasteiger partial charge is 0.272 e. The summed E-state index contributed by atoms with van der Waals surface area (Å²) in [7, 11) is -6.29. The van der Waals surface area contributed by atoms with Gasteiger partial charge in [0.2, 0.25) is 0 Å². The number of allylic oxidation sites excluding steroid dienone is 2. The zero-order valence-corrected chi connectivity index (χ0v) is 16.0. The van der Waals surface area contributed by atoms with E-state index in [1.54, 1.807) is 12.2 Å². The Morgan fingerprint density at radius 2 is 1.52 bits per heavy atom. The summed E-state index contributed by atoms with van der Waals surface area (Å²) in [5.41, 5.74) is 0. The number of amides is 2. The summed E-state index contributed by atoms with van der Waals surface area (Å²) in [6.45, 7) is 0. The molecule has 11 heteroatoms. The summed E-state index contributed by atoms with van der Waals surface area (Å²) >= 11 is 0. The minimum absolute atomic E-state index is 0.112. The number of nitrogens with zero attached hydrogens (tertiary/aromatic N) is 1. The van der Waals surface area contributed by atoms with Crippen LogP contribution in [0.25, 0.3) is 0 Å². The fraction of sp³-hybridized carbons (Fsp3) is 0.778. The number of rotatable bonds is 5. The number of hydrogen-bond acceptors (Lipinski definition) is 5. The second-order valence-corrected chi connectivity index (χ2v) is 10.5. The van der Waals surface area contributed by atoms with Crippen LogP contribution in [-0.4, -0.2) is 36.5 Å². The second-order valence-electron chi connectivity index (χ2n) is 8.92. The topological polar surface area (TPSA) is 80.8 Å². The molecule has 5 aliphatic rings. The first-order valence-electron chi connectivity index (χ1n) is 9.71. The van der Waals surface area contributed by atoms with Crippen molar-refractivity contribution < 1.29 is 39.9 Å². The number of imide groups is 1.